The van der Waals surface area contributed by atoms with E-state index in [1.807, 2.05) is 28.9 Å². The number of aromatic nitrogens is 5. The molecule has 3 aromatic heterocycles. The zero-order chi connectivity index (χ0) is 21.5. The van der Waals surface area contributed by atoms with Gasteiger partial charge in [0.2, 0.25) is 0 Å². The molecular weight excluding hydrogens is 396 g/mol. The Morgan fingerprint density at radius 2 is 2.19 bits per heavy atom. The third kappa shape index (κ3) is 3.50. The van der Waals surface area contributed by atoms with Crippen LogP contribution in [0, 0.1) is 5.92 Å². The molecule has 2 atom stereocenters. The van der Waals surface area contributed by atoms with Crippen molar-refractivity contribution in [2.45, 2.75) is 39.0 Å². The molecule has 3 N–H and O–H groups in total. The van der Waals surface area contributed by atoms with Crippen LogP contribution in [0.1, 0.15) is 32.4 Å². The molecule has 2 unspecified atom stereocenters. The molecule has 1 fully saturated rings. The summed E-state index contributed by atoms with van der Waals surface area (Å²) < 4.78 is 9.47. The molecule has 1 aromatic carbocycles. The van der Waals surface area contributed by atoms with Crippen LogP contribution in [-0.4, -0.2) is 42.2 Å². The molecule has 0 spiro atoms. The lowest BCUT2D eigenvalue weighted by molar-refractivity contribution is -0.141. The van der Waals surface area contributed by atoms with E-state index in [9.17, 15) is 9.90 Å². The lowest BCUT2D eigenvalue weighted by Crippen LogP contribution is -2.19. The maximum Gasteiger partial charge on any atom is 0.308 e. The second-order valence-corrected chi connectivity index (χ2v) is 8.06. The quantitative estimate of drug-likeness (QED) is 0.507. The van der Waals surface area contributed by atoms with Gasteiger partial charge in [-0.15, -0.1) is 0 Å². The number of carbonyl (C=O) groups is 1. The highest BCUT2D eigenvalue weighted by atomic mass is 16.5. The molecule has 0 saturated carbocycles. The number of benzene rings is 1. The minimum absolute atomic E-state index is 0.0538. The minimum atomic E-state index is -0.862. The van der Waals surface area contributed by atoms with Crippen molar-refractivity contribution in [1.82, 2.24) is 24.5 Å². The van der Waals surface area contributed by atoms with Crippen molar-refractivity contribution in [3.63, 3.8) is 0 Å². The van der Waals surface area contributed by atoms with Crippen molar-refractivity contribution >= 4 is 33.6 Å². The van der Waals surface area contributed by atoms with Crippen LogP contribution in [-0.2, 0) is 16.1 Å². The summed E-state index contributed by atoms with van der Waals surface area (Å²) in [5.74, 6) is -1.04. The molecule has 160 valence electrons. The number of ether oxygens (including phenoxy) is 1. The van der Waals surface area contributed by atoms with E-state index >= 15 is 0 Å². The molecule has 1 saturated heterocycles. The van der Waals surface area contributed by atoms with E-state index in [1.54, 1.807) is 24.0 Å². The molecule has 9 heteroatoms. The Hall–Kier alpha value is -3.46. The number of fused-ring (bicyclic) bond motifs is 3. The highest BCUT2D eigenvalue weighted by Crippen LogP contribution is 2.32. The van der Waals surface area contributed by atoms with Crippen LogP contribution in [0.15, 0.2) is 36.7 Å². The number of aliphatic carboxylic acids is 1. The Balaban J connectivity index is 1.56. The van der Waals surface area contributed by atoms with Gasteiger partial charge in [-0.25, -0.2) is 9.67 Å². The largest absolute Gasteiger partial charge is 0.481 e. The van der Waals surface area contributed by atoms with Gasteiger partial charge in [0.05, 0.1) is 29.1 Å². The number of pyridine rings is 1. The Bertz CT molecular complexity index is 1270. The Morgan fingerprint density at radius 1 is 1.32 bits per heavy atom. The Morgan fingerprint density at radius 3 is 2.97 bits per heavy atom. The molecular formula is C22H24N6O3. The van der Waals surface area contributed by atoms with Gasteiger partial charge in [-0.3, -0.25) is 9.48 Å². The summed E-state index contributed by atoms with van der Waals surface area (Å²) in [6.07, 6.45) is 6.65. The molecule has 31 heavy (non-hydrogen) atoms. The summed E-state index contributed by atoms with van der Waals surface area (Å²) in [6, 6.07) is 7.97. The Kier molecular flexibility index (Phi) is 4.82. The van der Waals surface area contributed by atoms with Crippen LogP contribution in [0.3, 0.4) is 0 Å². The smallest absolute Gasteiger partial charge is 0.308 e. The number of nitrogen functional groups attached to an aromatic ring is 1. The zero-order valence-electron chi connectivity index (χ0n) is 17.2. The average molecular weight is 420 g/mol. The highest BCUT2D eigenvalue weighted by molar-refractivity contribution is 6.08. The van der Waals surface area contributed by atoms with E-state index in [0.29, 0.717) is 5.82 Å². The fourth-order valence-electron chi connectivity index (χ4n) is 4.12. The van der Waals surface area contributed by atoms with Gasteiger partial charge in [-0.2, -0.15) is 10.2 Å². The molecule has 5 rings (SSSR count). The fraction of sp³-hybridized carbons (Fsp3) is 0.364. The summed E-state index contributed by atoms with van der Waals surface area (Å²) in [7, 11) is 0. The van der Waals surface area contributed by atoms with Gasteiger partial charge in [-0.1, -0.05) is 13.0 Å². The predicted octanol–water partition coefficient (Wildman–Crippen LogP) is 3.45. The molecule has 0 aliphatic carbocycles. The molecule has 4 heterocycles. The van der Waals surface area contributed by atoms with E-state index in [4.69, 9.17) is 10.5 Å². The first kappa shape index (κ1) is 19.5. The van der Waals surface area contributed by atoms with Crippen LogP contribution in [0.2, 0.25) is 0 Å². The van der Waals surface area contributed by atoms with E-state index in [2.05, 4.69) is 15.2 Å². The second kappa shape index (κ2) is 7.66. The maximum absolute atomic E-state index is 11.2. The van der Waals surface area contributed by atoms with Gasteiger partial charge in [0.15, 0.2) is 6.23 Å². The summed E-state index contributed by atoms with van der Waals surface area (Å²) in [6.45, 7) is 2.67. The molecule has 0 amide bonds. The number of carboxylic acids is 1. The standard InChI is InChI=1S/C22H24N6O3/c1-13(22(29)30)11-27-12-16-20(26-27)15-6-5-14(10-17(15)25-21(16)23)18-7-8-24-28(18)19-4-2-3-9-31-19/h5-8,10,12-13,19H,2-4,9,11H2,1H3,(H2,23,25)(H,29,30). The van der Waals surface area contributed by atoms with Gasteiger partial charge >= 0.3 is 5.97 Å². The Labute approximate surface area is 178 Å². The number of rotatable bonds is 5. The second-order valence-electron chi connectivity index (χ2n) is 8.06. The molecule has 0 bridgehead atoms. The number of carboxylic acid groups (broad SMARTS) is 1. The third-order valence-electron chi connectivity index (χ3n) is 5.81. The van der Waals surface area contributed by atoms with Crippen molar-refractivity contribution < 1.29 is 14.6 Å². The first-order valence-electron chi connectivity index (χ1n) is 10.5. The summed E-state index contributed by atoms with van der Waals surface area (Å²) in [5.41, 5.74) is 9.62. The fourth-order valence-corrected chi connectivity index (χ4v) is 4.12. The maximum atomic E-state index is 11.2. The average Bonchev–Trinajstić information content (AvgIpc) is 3.42. The van der Waals surface area contributed by atoms with Crippen molar-refractivity contribution in [2.75, 3.05) is 12.3 Å². The molecule has 1 aliphatic rings. The lowest BCUT2D eigenvalue weighted by atomic mass is 10.1. The first-order valence-corrected chi connectivity index (χ1v) is 10.5. The van der Waals surface area contributed by atoms with Gasteiger partial charge in [0, 0.05) is 30.0 Å². The zero-order valence-corrected chi connectivity index (χ0v) is 17.2. The van der Waals surface area contributed by atoms with Gasteiger partial charge < -0.3 is 15.6 Å². The summed E-state index contributed by atoms with van der Waals surface area (Å²) in [5, 5.41) is 19.9. The van der Waals surface area contributed by atoms with Crippen molar-refractivity contribution in [3.05, 3.63) is 36.7 Å². The van der Waals surface area contributed by atoms with Crippen LogP contribution >= 0.6 is 0 Å². The summed E-state index contributed by atoms with van der Waals surface area (Å²) >= 11 is 0. The van der Waals surface area contributed by atoms with E-state index in [-0.39, 0.29) is 12.8 Å². The normalized spacial score (nSPS) is 17.9. The van der Waals surface area contributed by atoms with Crippen molar-refractivity contribution in [1.29, 1.82) is 0 Å². The highest BCUT2D eigenvalue weighted by Gasteiger charge is 2.20. The SMILES string of the molecule is CC(Cn1cc2c(N)nc3cc(-c4ccnn4C4CCCCO4)ccc3c2n1)C(=O)O. The van der Waals surface area contributed by atoms with Gasteiger partial charge in [0.25, 0.3) is 0 Å². The van der Waals surface area contributed by atoms with Crippen LogP contribution in [0.4, 0.5) is 5.82 Å². The van der Waals surface area contributed by atoms with Gasteiger partial charge in [-0.05, 0) is 37.5 Å². The number of anilines is 1. The number of hydrogen-bond acceptors (Lipinski definition) is 6. The number of nitrogens with zero attached hydrogens (tertiary/aromatic N) is 5. The topological polar surface area (TPSA) is 121 Å². The first-order chi connectivity index (χ1) is 15.0. The lowest BCUT2D eigenvalue weighted by Gasteiger charge is -2.24. The van der Waals surface area contributed by atoms with E-state index in [0.717, 1.165) is 58.9 Å². The molecule has 9 nitrogen and oxygen atoms in total. The van der Waals surface area contributed by atoms with Crippen LogP contribution < -0.4 is 5.73 Å². The third-order valence-corrected chi connectivity index (χ3v) is 5.81. The number of nitrogens with two attached hydrogens (primary N) is 1. The predicted molar refractivity (Wildman–Crippen MR) is 116 cm³/mol. The number of hydrogen-bond donors (Lipinski definition) is 2. The van der Waals surface area contributed by atoms with Gasteiger partial charge in [0.1, 0.15) is 11.3 Å². The monoisotopic (exact) mass is 420 g/mol. The van der Waals surface area contributed by atoms with Crippen molar-refractivity contribution in [3.8, 4) is 11.3 Å². The molecule has 4 aromatic rings. The van der Waals surface area contributed by atoms with E-state index < -0.39 is 11.9 Å². The van der Waals surface area contributed by atoms with Crippen molar-refractivity contribution in [2.24, 2.45) is 5.92 Å². The minimum Gasteiger partial charge on any atom is -0.481 e. The van der Waals surface area contributed by atoms with Crippen LogP contribution in [0.5, 0.6) is 0 Å². The molecule has 0 radical (unpaired) electrons. The summed E-state index contributed by atoms with van der Waals surface area (Å²) in [4.78, 5) is 15.8. The van der Waals surface area contributed by atoms with Crippen LogP contribution in [0.25, 0.3) is 33.1 Å². The molecule has 1 aliphatic heterocycles. The van der Waals surface area contributed by atoms with E-state index in [1.165, 1.54) is 0 Å².